The van der Waals surface area contributed by atoms with Crippen molar-refractivity contribution in [3.05, 3.63) is 40.7 Å². The standard InChI is InChI=1S/C12H16N2OS/c1-3-10(11-5-4-7-15-11)14-9(2)12-13-6-8-16-12/h4-10,14H,3H2,1-2H3. The molecule has 86 valence electrons. The lowest BCUT2D eigenvalue weighted by atomic mass is 10.1. The summed E-state index contributed by atoms with van der Waals surface area (Å²) in [7, 11) is 0. The number of aromatic nitrogens is 1. The van der Waals surface area contributed by atoms with Gasteiger partial charge in [0.15, 0.2) is 0 Å². The van der Waals surface area contributed by atoms with E-state index >= 15 is 0 Å². The zero-order valence-electron chi connectivity index (χ0n) is 9.51. The second kappa shape index (κ2) is 5.27. The van der Waals surface area contributed by atoms with Gasteiger partial charge in [0.1, 0.15) is 10.8 Å². The first kappa shape index (κ1) is 11.4. The van der Waals surface area contributed by atoms with Crippen molar-refractivity contribution >= 4 is 11.3 Å². The van der Waals surface area contributed by atoms with E-state index in [1.807, 2.05) is 23.7 Å². The van der Waals surface area contributed by atoms with Gasteiger partial charge in [0, 0.05) is 11.6 Å². The predicted molar refractivity (Wildman–Crippen MR) is 65.4 cm³/mol. The normalized spacial score (nSPS) is 14.9. The van der Waals surface area contributed by atoms with Crippen molar-refractivity contribution in [1.29, 1.82) is 0 Å². The second-order valence-electron chi connectivity index (χ2n) is 3.73. The summed E-state index contributed by atoms with van der Waals surface area (Å²) in [6.45, 7) is 4.28. The van der Waals surface area contributed by atoms with Gasteiger partial charge in [0.05, 0.1) is 18.3 Å². The summed E-state index contributed by atoms with van der Waals surface area (Å²) in [5, 5.41) is 6.64. The van der Waals surface area contributed by atoms with E-state index in [9.17, 15) is 0 Å². The molecule has 2 atom stereocenters. The zero-order chi connectivity index (χ0) is 11.4. The highest BCUT2D eigenvalue weighted by Gasteiger charge is 2.16. The molecule has 2 heterocycles. The van der Waals surface area contributed by atoms with Crippen LogP contribution in [0.4, 0.5) is 0 Å². The fourth-order valence-electron chi connectivity index (χ4n) is 1.71. The Morgan fingerprint density at radius 2 is 2.44 bits per heavy atom. The first-order valence-corrected chi connectivity index (χ1v) is 6.38. The van der Waals surface area contributed by atoms with Gasteiger partial charge in [-0.1, -0.05) is 6.92 Å². The third kappa shape index (κ3) is 2.51. The summed E-state index contributed by atoms with van der Waals surface area (Å²) >= 11 is 1.68. The van der Waals surface area contributed by atoms with Gasteiger partial charge in [-0.3, -0.25) is 5.32 Å². The van der Waals surface area contributed by atoms with Crippen LogP contribution in [0.25, 0.3) is 0 Å². The SMILES string of the molecule is CCC(NC(C)c1nccs1)c1ccco1. The summed E-state index contributed by atoms with van der Waals surface area (Å²) in [5.41, 5.74) is 0. The second-order valence-corrected chi connectivity index (χ2v) is 4.66. The van der Waals surface area contributed by atoms with E-state index in [0.29, 0.717) is 0 Å². The van der Waals surface area contributed by atoms with E-state index in [2.05, 4.69) is 24.1 Å². The van der Waals surface area contributed by atoms with Gasteiger partial charge in [-0.2, -0.15) is 0 Å². The molecule has 2 rings (SSSR count). The Hall–Kier alpha value is -1.13. The molecule has 0 aliphatic rings. The lowest BCUT2D eigenvalue weighted by Gasteiger charge is -2.18. The molecule has 0 fully saturated rings. The van der Waals surface area contributed by atoms with Gasteiger partial charge in [0.2, 0.25) is 0 Å². The molecule has 2 aromatic rings. The van der Waals surface area contributed by atoms with Crippen LogP contribution >= 0.6 is 11.3 Å². The molecule has 2 unspecified atom stereocenters. The first-order chi connectivity index (χ1) is 7.81. The molecular formula is C12H16N2OS. The highest BCUT2D eigenvalue weighted by molar-refractivity contribution is 7.09. The summed E-state index contributed by atoms with van der Waals surface area (Å²) in [6, 6.07) is 4.45. The Morgan fingerprint density at radius 3 is 3.00 bits per heavy atom. The van der Waals surface area contributed by atoms with E-state index in [0.717, 1.165) is 17.2 Å². The van der Waals surface area contributed by atoms with Crippen molar-refractivity contribution in [2.24, 2.45) is 0 Å². The minimum atomic E-state index is 0.258. The lowest BCUT2D eigenvalue weighted by Crippen LogP contribution is -2.23. The lowest BCUT2D eigenvalue weighted by molar-refractivity contribution is 0.376. The Bertz CT molecular complexity index is 397. The Labute approximate surface area is 99.5 Å². The molecule has 4 heteroatoms. The fraction of sp³-hybridized carbons (Fsp3) is 0.417. The number of furan rings is 1. The van der Waals surface area contributed by atoms with Gasteiger partial charge < -0.3 is 4.42 Å². The maximum Gasteiger partial charge on any atom is 0.120 e. The molecule has 0 aliphatic heterocycles. The van der Waals surface area contributed by atoms with E-state index < -0.39 is 0 Å². The molecule has 16 heavy (non-hydrogen) atoms. The van der Waals surface area contributed by atoms with Gasteiger partial charge in [-0.15, -0.1) is 11.3 Å². The minimum Gasteiger partial charge on any atom is -0.468 e. The van der Waals surface area contributed by atoms with E-state index in [1.54, 1.807) is 17.6 Å². The van der Waals surface area contributed by atoms with Crippen molar-refractivity contribution in [3.63, 3.8) is 0 Å². The molecule has 0 bridgehead atoms. The molecule has 1 N–H and O–H groups in total. The fourth-order valence-corrected chi connectivity index (χ4v) is 2.37. The number of hydrogen-bond acceptors (Lipinski definition) is 4. The smallest absolute Gasteiger partial charge is 0.120 e. The Kier molecular flexibility index (Phi) is 3.74. The van der Waals surface area contributed by atoms with Gasteiger partial charge in [-0.05, 0) is 25.5 Å². The monoisotopic (exact) mass is 236 g/mol. The van der Waals surface area contributed by atoms with Crippen molar-refractivity contribution < 1.29 is 4.42 Å². The molecule has 0 saturated carbocycles. The minimum absolute atomic E-state index is 0.258. The van der Waals surface area contributed by atoms with Crippen LogP contribution < -0.4 is 5.32 Å². The van der Waals surface area contributed by atoms with Gasteiger partial charge in [0.25, 0.3) is 0 Å². The van der Waals surface area contributed by atoms with Crippen LogP contribution in [0, 0.1) is 0 Å². The molecular weight excluding hydrogens is 220 g/mol. The van der Waals surface area contributed by atoms with Crippen LogP contribution in [-0.4, -0.2) is 4.98 Å². The van der Waals surface area contributed by atoms with Gasteiger partial charge >= 0.3 is 0 Å². The molecule has 0 radical (unpaired) electrons. The van der Waals surface area contributed by atoms with Crippen LogP contribution in [0.15, 0.2) is 34.4 Å². The molecule has 0 aliphatic carbocycles. The molecule has 0 saturated heterocycles. The number of hydrogen-bond donors (Lipinski definition) is 1. The number of nitrogens with one attached hydrogen (secondary N) is 1. The quantitative estimate of drug-likeness (QED) is 0.863. The third-order valence-corrected chi connectivity index (χ3v) is 3.53. The van der Waals surface area contributed by atoms with Crippen molar-refractivity contribution in [3.8, 4) is 0 Å². The topological polar surface area (TPSA) is 38.1 Å². The average Bonchev–Trinajstić information content (AvgIpc) is 2.96. The summed E-state index contributed by atoms with van der Waals surface area (Å²) in [4.78, 5) is 4.31. The van der Waals surface area contributed by atoms with Crippen molar-refractivity contribution in [1.82, 2.24) is 10.3 Å². The first-order valence-electron chi connectivity index (χ1n) is 5.50. The predicted octanol–water partition coefficient (Wildman–Crippen LogP) is 3.54. The number of rotatable bonds is 5. The molecule has 0 aromatic carbocycles. The number of thiazole rings is 1. The van der Waals surface area contributed by atoms with E-state index in [-0.39, 0.29) is 12.1 Å². The summed E-state index contributed by atoms with van der Waals surface area (Å²) in [5.74, 6) is 0.992. The van der Waals surface area contributed by atoms with Crippen LogP contribution in [-0.2, 0) is 0 Å². The molecule has 3 nitrogen and oxygen atoms in total. The highest BCUT2D eigenvalue weighted by Crippen LogP contribution is 2.23. The van der Waals surface area contributed by atoms with Crippen molar-refractivity contribution in [2.45, 2.75) is 32.4 Å². The van der Waals surface area contributed by atoms with Crippen LogP contribution in [0.5, 0.6) is 0 Å². The average molecular weight is 236 g/mol. The third-order valence-electron chi connectivity index (χ3n) is 2.57. The largest absolute Gasteiger partial charge is 0.468 e. The summed E-state index contributed by atoms with van der Waals surface area (Å²) < 4.78 is 5.43. The van der Waals surface area contributed by atoms with E-state index in [1.165, 1.54) is 0 Å². The molecule has 0 amide bonds. The number of nitrogens with zero attached hydrogens (tertiary/aromatic N) is 1. The Balaban J connectivity index is 2.02. The highest BCUT2D eigenvalue weighted by atomic mass is 32.1. The maximum absolute atomic E-state index is 5.43. The van der Waals surface area contributed by atoms with Gasteiger partial charge in [-0.25, -0.2) is 4.98 Å². The Morgan fingerprint density at radius 1 is 1.56 bits per heavy atom. The van der Waals surface area contributed by atoms with Crippen LogP contribution in [0.3, 0.4) is 0 Å². The van der Waals surface area contributed by atoms with Crippen LogP contribution in [0.2, 0.25) is 0 Å². The maximum atomic E-state index is 5.43. The summed E-state index contributed by atoms with van der Waals surface area (Å²) in [6.07, 6.45) is 4.56. The van der Waals surface area contributed by atoms with Crippen LogP contribution in [0.1, 0.15) is 43.1 Å². The van der Waals surface area contributed by atoms with E-state index in [4.69, 9.17) is 4.42 Å². The molecule has 2 aromatic heterocycles. The molecule has 0 spiro atoms. The van der Waals surface area contributed by atoms with Crippen molar-refractivity contribution in [2.75, 3.05) is 0 Å². The zero-order valence-corrected chi connectivity index (χ0v) is 10.3.